The van der Waals surface area contributed by atoms with Crippen LogP contribution in [0.4, 0.5) is 5.69 Å². The first-order chi connectivity index (χ1) is 11.1. The van der Waals surface area contributed by atoms with Gasteiger partial charge >= 0.3 is 0 Å². The van der Waals surface area contributed by atoms with E-state index in [1.54, 1.807) is 0 Å². The summed E-state index contributed by atoms with van der Waals surface area (Å²) in [6, 6.07) is 7.56. The number of aryl methyl sites for hydroxylation is 1. The molecule has 2 rings (SSSR count). The Kier molecular flexibility index (Phi) is 6.59. The molecule has 1 saturated carbocycles. The van der Waals surface area contributed by atoms with Crippen LogP contribution in [0.15, 0.2) is 24.3 Å². The topological polar surface area (TPSA) is 78.4 Å². The van der Waals surface area contributed by atoms with Crippen LogP contribution in [0.25, 0.3) is 0 Å². The lowest BCUT2D eigenvalue weighted by Crippen LogP contribution is -2.41. The van der Waals surface area contributed by atoms with Crippen molar-refractivity contribution in [1.82, 2.24) is 5.32 Å². The molecule has 0 heterocycles. The van der Waals surface area contributed by atoms with Crippen LogP contribution in [-0.2, 0) is 9.59 Å². The third kappa shape index (κ3) is 5.67. The highest BCUT2D eigenvalue weighted by molar-refractivity contribution is 5.91. The zero-order valence-corrected chi connectivity index (χ0v) is 13.7. The van der Waals surface area contributed by atoms with Gasteiger partial charge in [-0.15, -0.1) is 0 Å². The average Bonchev–Trinajstić information content (AvgIpc) is 2.55. The lowest BCUT2D eigenvalue weighted by atomic mass is 9.85. The van der Waals surface area contributed by atoms with E-state index in [9.17, 15) is 14.7 Å². The lowest BCUT2D eigenvalue weighted by Gasteiger charge is -2.25. The normalized spacial score (nSPS) is 16.6. The summed E-state index contributed by atoms with van der Waals surface area (Å²) in [6.07, 6.45) is 4.39. The van der Waals surface area contributed by atoms with Crippen molar-refractivity contribution in [2.45, 2.75) is 51.6 Å². The molecule has 0 unspecified atom stereocenters. The quantitative estimate of drug-likeness (QED) is 0.753. The molecule has 23 heavy (non-hydrogen) atoms. The highest BCUT2D eigenvalue weighted by atomic mass is 16.3. The van der Waals surface area contributed by atoms with Gasteiger partial charge in [-0.3, -0.25) is 9.59 Å². The van der Waals surface area contributed by atoms with Gasteiger partial charge in [-0.25, -0.2) is 0 Å². The smallest absolute Gasteiger partial charge is 0.249 e. The van der Waals surface area contributed by atoms with Gasteiger partial charge < -0.3 is 15.7 Å². The largest absolute Gasteiger partial charge is 0.383 e. The maximum absolute atomic E-state index is 11.9. The Bertz CT molecular complexity index is 539. The molecule has 1 aliphatic carbocycles. The van der Waals surface area contributed by atoms with Crippen molar-refractivity contribution in [3.63, 3.8) is 0 Å². The molecule has 1 aromatic carbocycles. The van der Waals surface area contributed by atoms with Gasteiger partial charge in [0.1, 0.15) is 6.10 Å². The molecule has 0 bridgehead atoms. The Morgan fingerprint density at radius 2 is 2.00 bits per heavy atom. The van der Waals surface area contributed by atoms with Gasteiger partial charge in [-0.1, -0.05) is 31.4 Å². The van der Waals surface area contributed by atoms with Crippen LogP contribution in [-0.4, -0.2) is 29.6 Å². The Morgan fingerprint density at radius 3 is 2.70 bits per heavy atom. The van der Waals surface area contributed by atoms with E-state index in [0.717, 1.165) is 36.9 Å². The fourth-order valence-corrected chi connectivity index (χ4v) is 3.01. The van der Waals surface area contributed by atoms with Crippen molar-refractivity contribution in [1.29, 1.82) is 0 Å². The molecule has 1 fully saturated rings. The first kappa shape index (κ1) is 17.5. The number of carbonyl (C=O) groups is 2. The van der Waals surface area contributed by atoms with Crippen LogP contribution in [0.5, 0.6) is 0 Å². The third-order valence-electron chi connectivity index (χ3n) is 4.32. The first-order valence-electron chi connectivity index (χ1n) is 8.38. The van der Waals surface area contributed by atoms with Crippen LogP contribution >= 0.6 is 0 Å². The molecule has 5 heteroatoms. The summed E-state index contributed by atoms with van der Waals surface area (Å²) in [4.78, 5) is 23.8. The summed E-state index contributed by atoms with van der Waals surface area (Å²) in [5, 5.41) is 15.5. The van der Waals surface area contributed by atoms with E-state index in [1.807, 2.05) is 31.2 Å². The number of aliphatic hydroxyl groups is 1. The molecule has 0 aromatic heterocycles. The summed E-state index contributed by atoms with van der Waals surface area (Å²) in [5.41, 5.74) is 1.83. The second-order valence-electron chi connectivity index (χ2n) is 6.30. The fourth-order valence-electron chi connectivity index (χ4n) is 3.01. The molecule has 0 radical (unpaired) electrons. The number of benzene rings is 1. The predicted molar refractivity (Wildman–Crippen MR) is 90.0 cm³/mol. The Morgan fingerprint density at radius 1 is 1.26 bits per heavy atom. The molecule has 1 aromatic rings. The van der Waals surface area contributed by atoms with Crippen molar-refractivity contribution in [3.8, 4) is 0 Å². The number of amides is 2. The van der Waals surface area contributed by atoms with Gasteiger partial charge in [0.2, 0.25) is 11.8 Å². The van der Waals surface area contributed by atoms with Crippen LogP contribution in [0, 0.1) is 12.8 Å². The van der Waals surface area contributed by atoms with Crippen LogP contribution < -0.4 is 10.6 Å². The lowest BCUT2D eigenvalue weighted by molar-refractivity contribution is -0.132. The van der Waals surface area contributed by atoms with E-state index in [2.05, 4.69) is 10.6 Å². The highest BCUT2D eigenvalue weighted by Crippen LogP contribution is 2.26. The third-order valence-corrected chi connectivity index (χ3v) is 4.32. The van der Waals surface area contributed by atoms with Crippen LogP contribution in [0.2, 0.25) is 0 Å². The molecular formula is C18H26N2O3. The molecule has 1 aliphatic rings. The molecular weight excluding hydrogens is 292 g/mol. The maximum Gasteiger partial charge on any atom is 0.249 e. The number of nitrogens with one attached hydrogen (secondary N) is 2. The number of rotatable bonds is 6. The molecule has 0 spiro atoms. The summed E-state index contributed by atoms with van der Waals surface area (Å²) >= 11 is 0. The van der Waals surface area contributed by atoms with E-state index < -0.39 is 6.10 Å². The molecule has 0 saturated heterocycles. The summed E-state index contributed by atoms with van der Waals surface area (Å²) in [6.45, 7) is 2.20. The zero-order valence-electron chi connectivity index (χ0n) is 13.7. The second-order valence-corrected chi connectivity index (χ2v) is 6.30. The molecule has 0 aliphatic heterocycles. The Balaban J connectivity index is 1.69. The predicted octanol–water partition coefficient (Wildman–Crippen LogP) is 2.38. The van der Waals surface area contributed by atoms with E-state index >= 15 is 0 Å². The molecule has 2 amide bonds. The van der Waals surface area contributed by atoms with Gasteiger partial charge in [0.15, 0.2) is 0 Å². The molecule has 1 atom stereocenters. The van der Waals surface area contributed by atoms with Crippen molar-refractivity contribution in [2.75, 3.05) is 11.9 Å². The van der Waals surface area contributed by atoms with E-state index in [0.29, 0.717) is 0 Å². The SMILES string of the molecule is Cc1cccc(NC(=O)CCNC(=O)[C@H](O)C2CCCCC2)c1. The maximum atomic E-state index is 11.9. The van der Waals surface area contributed by atoms with Crippen LogP contribution in [0.3, 0.4) is 0 Å². The average molecular weight is 318 g/mol. The number of hydrogen-bond acceptors (Lipinski definition) is 3. The number of anilines is 1. The summed E-state index contributed by atoms with van der Waals surface area (Å²) in [5.74, 6) is -0.451. The zero-order chi connectivity index (χ0) is 16.7. The molecule has 5 nitrogen and oxygen atoms in total. The van der Waals surface area contributed by atoms with Crippen molar-refractivity contribution in [3.05, 3.63) is 29.8 Å². The van der Waals surface area contributed by atoms with Gasteiger partial charge in [-0.05, 0) is 43.4 Å². The number of hydrogen-bond donors (Lipinski definition) is 3. The minimum atomic E-state index is -0.949. The second kappa shape index (κ2) is 8.67. The minimum absolute atomic E-state index is 0.0601. The van der Waals surface area contributed by atoms with Gasteiger partial charge in [0, 0.05) is 18.7 Å². The minimum Gasteiger partial charge on any atom is -0.383 e. The fraction of sp³-hybridized carbons (Fsp3) is 0.556. The summed E-state index contributed by atoms with van der Waals surface area (Å²) in [7, 11) is 0. The van der Waals surface area contributed by atoms with E-state index in [-0.39, 0.29) is 30.7 Å². The standard InChI is InChI=1S/C18H26N2O3/c1-13-6-5-9-15(12-13)20-16(21)10-11-19-18(23)17(22)14-7-3-2-4-8-14/h5-6,9,12,14,17,22H,2-4,7-8,10-11H2,1H3,(H,19,23)(H,20,21)/t17-/m1/s1. The van der Waals surface area contributed by atoms with Crippen LogP contribution in [0.1, 0.15) is 44.1 Å². The van der Waals surface area contributed by atoms with Gasteiger partial charge in [-0.2, -0.15) is 0 Å². The number of carbonyl (C=O) groups excluding carboxylic acids is 2. The Hall–Kier alpha value is -1.88. The van der Waals surface area contributed by atoms with E-state index in [1.165, 1.54) is 6.42 Å². The van der Waals surface area contributed by atoms with Crippen molar-refractivity contribution in [2.24, 2.45) is 5.92 Å². The van der Waals surface area contributed by atoms with Gasteiger partial charge in [0.05, 0.1) is 0 Å². The Labute approximate surface area is 137 Å². The van der Waals surface area contributed by atoms with E-state index in [4.69, 9.17) is 0 Å². The summed E-state index contributed by atoms with van der Waals surface area (Å²) < 4.78 is 0. The van der Waals surface area contributed by atoms with Crippen molar-refractivity contribution >= 4 is 17.5 Å². The monoisotopic (exact) mass is 318 g/mol. The highest BCUT2D eigenvalue weighted by Gasteiger charge is 2.27. The van der Waals surface area contributed by atoms with Crippen molar-refractivity contribution < 1.29 is 14.7 Å². The molecule has 3 N–H and O–H groups in total. The first-order valence-corrected chi connectivity index (χ1v) is 8.38. The van der Waals surface area contributed by atoms with Gasteiger partial charge in [0.25, 0.3) is 0 Å². The number of aliphatic hydroxyl groups excluding tert-OH is 1. The molecule has 126 valence electrons.